The maximum absolute atomic E-state index is 5.90. The van der Waals surface area contributed by atoms with Crippen LogP contribution in [-0.4, -0.2) is 16.3 Å². The minimum absolute atomic E-state index is 0.516. The second kappa shape index (κ2) is 6.31. The molecule has 1 aromatic carbocycles. The first-order valence-electron chi connectivity index (χ1n) is 7.80. The number of benzene rings is 1. The minimum atomic E-state index is 0.516. The average Bonchev–Trinajstić information content (AvgIpc) is 3.12. The molecule has 1 unspecified atom stereocenters. The third-order valence-corrected chi connectivity index (χ3v) is 4.06. The van der Waals surface area contributed by atoms with Crippen molar-refractivity contribution in [3.05, 3.63) is 47.3 Å². The van der Waals surface area contributed by atoms with Gasteiger partial charge in [-0.05, 0) is 49.6 Å². The van der Waals surface area contributed by atoms with E-state index < -0.39 is 0 Å². The third-order valence-electron chi connectivity index (χ3n) is 4.06. The van der Waals surface area contributed by atoms with Crippen molar-refractivity contribution in [2.45, 2.75) is 45.9 Å². The molecule has 0 bridgehead atoms. The number of aryl methyl sites for hydroxylation is 2. The van der Waals surface area contributed by atoms with Gasteiger partial charge in [-0.25, -0.2) is 0 Å². The standard InChI is InChI=1S/C17H23N3O/c1-3-18-17-8-5-14-9-15(6-7-16(14)17)21-12-13-10-19-20(4-2)11-13/h6-7,9-11,17-18H,3-5,8,12H2,1-2H3. The molecule has 112 valence electrons. The van der Waals surface area contributed by atoms with Gasteiger partial charge in [0.05, 0.1) is 6.20 Å². The molecule has 1 N–H and O–H groups in total. The molecule has 0 saturated carbocycles. The van der Waals surface area contributed by atoms with E-state index in [1.54, 1.807) is 0 Å². The summed E-state index contributed by atoms with van der Waals surface area (Å²) in [5, 5.41) is 7.80. The molecular formula is C17H23N3O. The summed E-state index contributed by atoms with van der Waals surface area (Å²) in [6.07, 6.45) is 6.24. The normalized spacial score (nSPS) is 17.0. The van der Waals surface area contributed by atoms with Crippen LogP contribution in [0.5, 0.6) is 5.75 Å². The molecule has 3 rings (SSSR count). The van der Waals surface area contributed by atoms with Gasteiger partial charge in [0.25, 0.3) is 0 Å². The second-order valence-electron chi connectivity index (χ2n) is 5.50. The fourth-order valence-electron chi connectivity index (χ4n) is 2.96. The van der Waals surface area contributed by atoms with Gasteiger partial charge in [0.15, 0.2) is 0 Å². The summed E-state index contributed by atoms with van der Waals surface area (Å²) in [6, 6.07) is 7.00. The van der Waals surface area contributed by atoms with Crippen molar-refractivity contribution in [1.29, 1.82) is 0 Å². The summed E-state index contributed by atoms with van der Waals surface area (Å²) in [5.74, 6) is 0.954. The van der Waals surface area contributed by atoms with E-state index in [-0.39, 0.29) is 0 Å². The van der Waals surface area contributed by atoms with Crippen LogP contribution in [0.1, 0.15) is 43.0 Å². The topological polar surface area (TPSA) is 39.1 Å². The van der Waals surface area contributed by atoms with E-state index in [4.69, 9.17) is 4.74 Å². The van der Waals surface area contributed by atoms with E-state index in [0.717, 1.165) is 30.8 Å². The molecule has 0 fully saturated rings. The Morgan fingerprint density at radius 1 is 1.38 bits per heavy atom. The first kappa shape index (κ1) is 14.1. The zero-order chi connectivity index (χ0) is 14.7. The summed E-state index contributed by atoms with van der Waals surface area (Å²) >= 11 is 0. The Bertz CT molecular complexity index is 606. The lowest BCUT2D eigenvalue weighted by Gasteiger charge is -2.13. The van der Waals surface area contributed by atoms with Crippen molar-refractivity contribution in [1.82, 2.24) is 15.1 Å². The first-order valence-corrected chi connectivity index (χ1v) is 7.80. The van der Waals surface area contributed by atoms with Gasteiger partial charge in [0.2, 0.25) is 0 Å². The van der Waals surface area contributed by atoms with Crippen molar-refractivity contribution in [2.24, 2.45) is 0 Å². The van der Waals surface area contributed by atoms with Crippen molar-refractivity contribution in [3.63, 3.8) is 0 Å². The molecule has 1 aliphatic carbocycles. The van der Waals surface area contributed by atoms with E-state index in [1.807, 2.05) is 17.1 Å². The average molecular weight is 285 g/mol. The molecular weight excluding hydrogens is 262 g/mol. The van der Waals surface area contributed by atoms with Gasteiger partial charge in [0.1, 0.15) is 12.4 Å². The zero-order valence-electron chi connectivity index (χ0n) is 12.8. The lowest BCUT2D eigenvalue weighted by atomic mass is 10.1. The number of hydrogen-bond acceptors (Lipinski definition) is 3. The van der Waals surface area contributed by atoms with Gasteiger partial charge in [-0.2, -0.15) is 5.10 Å². The minimum Gasteiger partial charge on any atom is -0.489 e. The molecule has 0 spiro atoms. The maximum atomic E-state index is 5.90. The van der Waals surface area contributed by atoms with Crippen molar-refractivity contribution in [2.75, 3.05) is 6.54 Å². The Hall–Kier alpha value is -1.81. The number of nitrogens with zero attached hydrogens (tertiary/aromatic N) is 2. The van der Waals surface area contributed by atoms with E-state index in [9.17, 15) is 0 Å². The molecule has 0 amide bonds. The molecule has 1 aliphatic rings. The Labute approximate surface area is 126 Å². The van der Waals surface area contributed by atoms with Gasteiger partial charge in [0, 0.05) is 24.3 Å². The number of ether oxygens (including phenoxy) is 1. The third kappa shape index (κ3) is 3.10. The maximum Gasteiger partial charge on any atom is 0.120 e. The smallest absolute Gasteiger partial charge is 0.120 e. The van der Waals surface area contributed by atoms with Gasteiger partial charge < -0.3 is 10.1 Å². The van der Waals surface area contributed by atoms with Crippen LogP contribution in [-0.2, 0) is 19.6 Å². The van der Waals surface area contributed by atoms with Crippen LogP contribution in [0.2, 0.25) is 0 Å². The summed E-state index contributed by atoms with van der Waals surface area (Å²) in [5.41, 5.74) is 3.97. The zero-order valence-corrected chi connectivity index (χ0v) is 12.8. The van der Waals surface area contributed by atoms with Crippen molar-refractivity contribution < 1.29 is 4.74 Å². The number of rotatable bonds is 6. The lowest BCUT2D eigenvalue weighted by Crippen LogP contribution is -2.18. The Morgan fingerprint density at radius 3 is 3.05 bits per heavy atom. The van der Waals surface area contributed by atoms with Crippen LogP contribution in [0, 0.1) is 0 Å². The predicted octanol–water partition coefficient (Wildman–Crippen LogP) is 3.08. The SMILES string of the molecule is CCNC1CCc2cc(OCc3cnn(CC)c3)ccc21. The molecule has 2 aromatic rings. The number of aromatic nitrogens is 2. The Balaban J connectivity index is 1.65. The molecule has 4 nitrogen and oxygen atoms in total. The summed E-state index contributed by atoms with van der Waals surface area (Å²) in [4.78, 5) is 0. The van der Waals surface area contributed by atoms with Crippen LogP contribution in [0.15, 0.2) is 30.6 Å². The van der Waals surface area contributed by atoms with E-state index in [2.05, 4.69) is 42.5 Å². The molecule has 21 heavy (non-hydrogen) atoms. The fourth-order valence-corrected chi connectivity index (χ4v) is 2.96. The van der Waals surface area contributed by atoms with Crippen LogP contribution >= 0.6 is 0 Å². The van der Waals surface area contributed by atoms with Crippen molar-refractivity contribution >= 4 is 0 Å². The van der Waals surface area contributed by atoms with Gasteiger partial charge in [-0.3, -0.25) is 4.68 Å². The highest BCUT2D eigenvalue weighted by atomic mass is 16.5. The lowest BCUT2D eigenvalue weighted by molar-refractivity contribution is 0.306. The van der Waals surface area contributed by atoms with E-state index in [1.165, 1.54) is 17.5 Å². The largest absolute Gasteiger partial charge is 0.489 e. The molecule has 1 heterocycles. The summed E-state index contributed by atoms with van der Waals surface area (Å²) in [6.45, 7) is 6.73. The first-order chi connectivity index (χ1) is 10.3. The van der Waals surface area contributed by atoms with Crippen LogP contribution in [0.3, 0.4) is 0 Å². The van der Waals surface area contributed by atoms with Crippen LogP contribution in [0.4, 0.5) is 0 Å². The number of hydrogen-bond donors (Lipinski definition) is 1. The number of nitrogens with one attached hydrogen (secondary N) is 1. The van der Waals surface area contributed by atoms with Crippen LogP contribution < -0.4 is 10.1 Å². The highest BCUT2D eigenvalue weighted by molar-refractivity contribution is 5.40. The van der Waals surface area contributed by atoms with E-state index >= 15 is 0 Å². The molecule has 0 saturated heterocycles. The Morgan fingerprint density at radius 2 is 2.29 bits per heavy atom. The highest BCUT2D eigenvalue weighted by Crippen LogP contribution is 2.33. The van der Waals surface area contributed by atoms with Crippen molar-refractivity contribution in [3.8, 4) is 5.75 Å². The fraction of sp³-hybridized carbons (Fsp3) is 0.471. The van der Waals surface area contributed by atoms with Gasteiger partial charge >= 0.3 is 0 Å². The Kier molecular flexibility index (Phi) is 4.25. The summed E-state index contributed by atoms with van der Waals surface area (Å²) < 4.78 is 7.82. The van der Waals surface area contributed by atoms with Crippen LogP contribution in [0.25, 0.3) is 0 Å². The second-order valence-corrected chi connectivity index (χ2v) is 5.50. The molecule has 0 radical (unpaired) electrons. The molecule has 4 heteroatoms. The highest BCUT2D eigenvalue weighted by Gasteiger charge is 2.21. The quantitative estimate of drug-likeness (QED) is 0.886. The number of fused-ring (bicyclic) bond motifs is 1. The summed E-state index contributed by atoms with van der Waals surface area (Å²) in [7, 11) is 0. The molecule has 1 aromatic heterocycles. The predicted molar refractivity (Wildman–Crippen MR) is 83.4 cm³/mol. The van der Waals surface area contributed by atoms with Gasteiger partial charge in [-0.1, -0.05) is 13.0 Å². The van der Waals surface area contributed by atoms with Gasteiger partial charge in [-0.15, -0.1) is 0 Å². The molecule has 1 atom stereocenters. The molecule has 0 aliphatic heterocycles. The monoisotopic (exact) mass is 285 g/mol. The van der Waals surface area contributed by atoms with E-state index in [0.29, 0.717) is 12.6 Å².